The fourth-order valence-electron chi connectivity index (χ4n) is 1.79. The Morgan fingerprint density at radius 1 is 1.50 bits per heavy atom. The highest BCUT2D eigenvalue weighted by Gasteiger charge is 2.17. The van der Waals surface area contributed by atoms with E-state index in [-0.39, 0.29) is 24.3 Å². The molecule has 0 amide bonds. The first-order valence-electron chi connectivity index (χ1n) is 5.30. The van der Waals surface area contributed by atoms with Gasteiger partial charge in [0.05, 0.1) is 7.11 Å². The third kappa shape index (κ3) is 2.93. The molecular formula is C12H18FNO2. The lowest BCUT2D eigenvalue weighted by atomic mass is 9.90. The first kappa shape index (κ1) is 12.9. The van der Waals surface area contributed by atoms with Crippen molar-refractivity contribution in [3.63, 3.8) is 0 Å². The molecule has 3 nitrogen and oxygen atoms in total. The van der Waals surface area contributed by atoms with Gasteiger partial charge in [0.25, 0.3) is 0 Å². The maximum Gasteiger partial charge on any atom is 0.165 e. The second-order valence-corrected chi connectivity index (χ2v) is 3.87. The molecule has 2 atom stereocenters. The average molecular weight is 227 g/mol. The summed E-state index contributed by atoms with van der Waals surface area (Å²) in [5.41, 5.74) is 6.60. The lowest BCUT2D eigenvalue weighted by Crippen LogP contribution is -2.25. The number of ether oxygens (including phenoxy) is 1. The number of halogens is 1. The minimum absolute atomic E-state index is 0.0367. The van der Waals surface area contributed by atoms with Gasteiger partial charge in [-0.2, -0.15) is 0 Å². The Balaban J connectivity index is 2.97. The van der Waals surface area contributed by atoms with Crippen LogP contribution in [0.3, 0.4) is 0 Å². The van der Waals surface area contributed by atoms with Crippen molar-refractivity contribution in [2.75, 3.05) is 13.7 Å². The first-order chi connectivity index (χ1) is 7.60. The predicted octanol–water partition coefficient (Wildman–Crippen LogP) is 1.65. The number of aliphatic hydroxyl groups is 1. The van der Waals surface area contributed by atoms with Gasteiger partial charge in [0, 0.05) is 18.6 Å². The molecule has 1 aromatic rings. The van der Waals surface area contributed by atoms with Gasteiger partial charge in [-0.15, -0.1) is 0 Å². The maximum absolute atomic E-state index is 13.5. The molecule has 3 N–H and O–H groups in total. The summed E-state index contributed by atoms with van der Waals surface area (Å²) in [6.07, 6.45) is 0.531. The van der Waals surface area contributed by atoms with Crippen molar-refractivity contribution in [1.82, 2.24) is 0 Å². The van der Waals surface area contributed by atoms with Crippen LogP contribution in [-0.2, 0) is 0 Å². The molecule has 90 valence electrons. The first-order valence-corrected chi connectivity index (χ1v) is 5.30. The van der Waals surface area contributed by atoms with Crippen molar-refractivity contribution < 1.29 is 14.2 Å². The summed E-state index contributed by atoms with van der Waals surface area (Å²) in [6, 6.07) is 4.66. The second kappa shape index (κ2) is 5.82. The van der Waals surface area contributed by atoms with E-state index in [1.165, 1.54) is 13.2 Å². The van der Waals surface area contributed by atoms with E-state index in [2.05, 4.69) is 0 Å². The molecular weight excluding hydrogens is 209 g/mol. The number of hydrogen-bond donors (Lipinski definition) is 2. The van der Waals surface area contributed by atoms with Crippen molar-refractivity contribution in [1.29, 1.82) is 0 Å². The predicted molar refractivity (Wildman–Crippen MR) is 61.0 cm³/mol. The topological polar surface area (TPSA) is 55.5 Å². The monoisotopic (exact) mass is 227 g/mol. The van der Waals surface area contributed by atoms with Gasteiger partial charge in [-0.05, 0) is 31.0 Å². The lowest BCUT2D eigenvalue weighted by Gasteiger charge is -2.20. The summed E-state index contributed by atoms with van der Waals surface area (Å²) in [7, 11) is 1.43. The fourth-order valence-corrected chi connectivity index (χ4v) is 1.79. The van der Waals surface area contributed by atoms with Crippen LogP contribution in [0.5, 0.6) is 5.75 Å². The molecule has 16 heavy (non-hydrogen) atoms. The standard InChI is InChI=1S/C12H18FNO2/c1-8(14)10(5-6-15)9-3-4-12(16-2)11(13)7-9/h3-4,7-8,10,15H,5-6,14H2,1-2H3. The van der Waals surface area contributed by atoms with Crippen LogP contribution >= 0.6 is 0 Å². The highest BCUT2D eigenvalue weighted by Crippen LogP contribution is 2.26. The van der Waals surface area contributed by atoms with Crippen LogP contribution < -0.4 is 10.5 Å². The minimum atomic E-state index is -0.399. The number of hydrogen-bond acceptors (Lipinski definition) is 3. The van der Waals surface area contributed by atoms with Crippen molar-refractivity contribution >= 4 is 0 Å². The van der Waals surface area contributed by atoms with Crippen LogP contribution in [0.1, 0.15) is 24.8 Å². The minimum Gasteiger partial charge on any atom is -0.494 e. The molecule has 0 radical (unpaired) electrons. The van der Waals surface area contributed by atoms with Crippen molar-refractivity contribution in [3.8, 4) is 5.75 Å². The van der Waals surface area contributed by atoms with Gasteiger partial charge in [0.15, 0.2) is 11.6 Å². The Hall–Kier alpha value is -1.13. The van der Waals surface area contributed by atoms with Crippen molar-refractivity contribution in [2.24, 2.45) is 5.73 Å². The summed E-state index contributed by atoms with van der Waals surface area (Å²) in [5.74, 6) is -0.217. The van der Waals surface area contributed by atoms with E-state index >= 15 is 0 Å². The average Bonchev–Trinajstić information content (AvgIpc) is 2.25. The van der Waals surface area contributed by atoms with Gasteiger partial charge in [-0.25, -0.2) is 4.39 Å². The van der Waals surface area contributed by atoms with Gasteiger partial charge < -0.3 is 15.6 Å². The van der Waals surface area contributed by atoms with E-state index in [0.717, 1.165) is 5.56 Å². The van der Waals surface area contributed by atoms with Crippen molar-refractivity contribution in [3.05, 3.63) is 29.6 Å². The Labute approximate surface area is 95.0 Å². The molecule has 0 aliphatic rings. The molecule has 0 aliphatic carbocycles. The van der Waals surface area contributed by atoms with Gasteiger partial charge >= 0.3 is 0 Å². The zero-order chi connectivity index (χ0) is 12.1. The van der Waals surface area contributed by atoms with E-state index < -0.39 is 5.82 Å². The van der Waals surface area contributed by atoms with Crippen LogP contribution in [0.25, 0.3) is 0 Å². The highest BCUT2D eigenvalue weighted by molar-refractivity contribution is 5.31. The van der Waals surface area contributed by atoms with E-state index in [4.69, 9.17) is 15.6 Å². The SMILES string of the molecule is COc1ccc(C(CCO)C(C)N)cc1F. The normalized spacial score (nSPS) is 14.6. The van der Waals surface area contributed by atoms with E-state index in [1.54, 1.807) is 12.1 Å². The molecule has 0 saturated heterocycles. The Bertz CT molecular complexity index is 342. The van der Waals surface area contributed by atoms with E-state index in [0.29, 0.717) is 6.42 Å². The summed E-state index contributed by atoms with van der Waals surface area (Å²) in [4.78, 5) is 0. The Morgan fingerprint density at radius 3 is 2.62 bits per heavy atom. The van der Waals surface area contributed by atoms with Gasteiger partial charge in [0.1, 0.15) is 0 Å². The Morgan fingerprint density at radius 2 is 2.19 bits per heavy atom. The van der Waals surface area contributed by atoms with Crippen LogP contribution in [0, 0.1) is 5.82 Å². The van der Waals surface area contributed by atoms with Gasteiger partial charge in [-0.3, -0.25) is 0 Å². The lowest BCUT2D eigenvalue weighted by molar-refractivity contribution is 0.268. The molecule has 2 unspecified atom stereocenters. The molecule has 0 aromatic heterocycles. The number of benzene rings is 1. The van der Waals surface area contributed by atoms with Crippen LogP contribution in [0.2, 0.25) is 0 Å². The van der Waals surface area contributed by atoms with Crippen LogP contribution in [0.4, 0.5) is 4.39 Å². The van der Waals surface area contributed by atoms with Crippen LogP contribution in [-0.4, -0.2) is 24.9 Å². The van der Waals surface area contributed by atoms with Crippen LogP contribution in [0.15, 0.2) is 18.2 Å². The summed E-state index contributed by atoms with van der Waals surface area (Å²) >= 11 is 0. The summed E-state index contributed by atoms with van der Waals surface area (Å²) in [6.45, 7) is 1.89. The molecule has 0 aliphatic heterocycles. The van der Waals surface area contributed by atoms with Gasteiger partial charge in [0.2, 0.25) is 0 Å². The zero-order valence-electron chi connectivity index (χ0n) is 9.61. The largest absolute Gasteiger partial charge is 0.494 e. The number of aliphatic hydroxyl groups excluding tert-OH is 1. The molecule has 0 bridgehead atoms. The third-order valence-corrected chi connectivity index (χ3v) is 2.68. The maximum atomic E-state index is 13.5. The second-order valence-electron chi connectivity index (χ2n) is 3.87. The van der Waals surface area contributed by atoms with Gasteiger partial charge in [-0.1, -0.05) is 6.07 Å². The highest BCUT2D eigenvalue weighted by atomic mass is 19.1. The summed E-state index contributed by atoms with van der Waals surface area (Å²) < 4.78 is 18.3. The smallest absolute Gasteiger partial charge is 0.165 e. The van der Waals surface area contributed by atoms with E-state index in [9.17, 15) is 4.39 Å². The third-order valence-electron chi connectivity index (χ3n) is 2.68. The van der Waals surface area contributed by atoms with Crippen molar-refractivity contribution in [2.45, 2.75) is 25.3 Å². The number of nitrogens with two attached hydrogens (primary N) is 1. The number of rotatable bonds is 5. The molecule has 1 rings (SSSR count). The van der Waals surface area contributed by atoms with E-state index in [1.807, 2.05) is 6.92 Å². The molecule has 0 heterocycles. The molecule has 1 aromatic carbocycles. The molecule has 0 fully saturated rings. The molecule has 0 spiro atoms. The molecule has 4 heteroatoms. The fraction of sp³-hybridized carbons (Fsp3) is 0.500. The number of methoxy groups -OCH3 is 1. The zero-order valence-corrected chi connectivity index (χ0v) is 9.61. The quantitative estimate of drug-likeness (QED) is 0.804. The Kier molecular flexibility index (Phi) is 4.71. The summed E-state index contributed by atoms with van der Waals surface area (Å²) in [5, 5.41) is 8.94. The molecule has 0 saturated carbocycles.